The van der Waals surface area contributed by atoms with Crippen LogP contribution in [-0.4, -0.2) is 24.7 Å². The first-order chi connectivity index (χ1) is 13.7. The topological polar surface area (TPSA) is 114 Å². The quantitative estimate of drug-likeness (QED) is 0.453. The van der Waals surface area contributed by atoms with Crippen molar-refractivity contribution in [2.24, 2.45) is 0 Å². The molecule has 0 heterocycles. The van der Waals surface area contributed by atoms with E-state index in [-0.39, 0.29) is 0 Å². The summed E-state index contributed by atoms with van der Waals surface area (Å²) >= 11 is 0. The third kappa shape index (κ3) is 6.15. The molecule has 0 bridgehead atoms. The molecular formula is C20H14N4O2S2. The van der Waals surface area contributed by atoms with E-state index in [1.807, 2.05) is 24.3 Å². The highest BCUT2D eigenvalue weighted by molar-refractivity contribution is 8.76. The summed E-state index contributed by atoms with van der Waals surface area (Å²) in [5.74, 6) is 2.64. The Hall–Kier alpha value is -3.30. The van der Waals surface area contributed by atoms with Crippen LogP contribution < -0.4 is 9.47 Å². The molecule has 0 saturated heterocycles. The fourth-order valence-electron chi connectivity index (χ4n) is 2.11. The van der Waals surface area contributed by atoms with Crippen molar-refractivity contribution in [1.29, 1.82) is 21.0 Å². The van der Waals surface area contributed by atoms with Crippen molar-refractivity contribution in [3.8, 4) is 35.8 Å². The number of benzene rings is 2. The minimum absolute atomic E-state index is 0.307. The lowest BCUT2D eigenvalue weighted by Gasteiger charge is -2.08. The molecule has 2 aromatic rings. The predicted octanol–water partition coefficient (Wildman–Crippen LogP) is 4.01. The summed E-state index contributed by atoms with van der Waals surface area (Å²) in [7, 11) is 3.28. The fraction of sp³-hybridized carbons (Fsp3) is 0.200. The lowest BCUT2D eigenvalue weighted by molar-refractivity contribution is 0.343. The number of hydrogen-bond acceptors (Lipinski definition) is 8. The minimum Gasteiger partial charge on any atom is -0.493 e. The number of nitriles is 4. The standard InChI is InChI=1S/C20H14N4O2S2/c21-11-15-1-3-19(9-17(15)13-23)25-5-7-27-28-8-6-26-20-4-2-16(12-22)18(10-20)14-24/h1-4,9-10H,5-8H2. The second-order valence-electron chi connectivity index (χ2n) is 5.20. The molecule has 2 rings (SSSR count). The third-order valence-electron chi connectivity index (χ3n) is 3.42. The van der Waals surface area contributed by atoms with Crippen LogP contribution in [0, 0.1) is 45.3 Å². The number of rotatable bonds is 9. The van der Waals surface area contributed by atoms with Crippen LogP contribution >= 0.6 is 21.6 Å². The van der Waals surface area contributed by atoms with Gasteiger partial charge < -0.3 is 9.47 Å². The number of nitrogens with zero attached hydrogens (tertiary/aromatic N) is 4. The Morgan fingerprint density at radius 2 is 1.00 bits per heavy atom. The molecule has 8 heteroatoms. The zero-order chi connectivity index (χ0) is 20.2. The molecule has 0 amide bonds. The third-order valence-corrected chi connectivity index (χ3v) is 5.75. The van der Waals surface area contributed by atoms with E-state index >= 15 is 0 Å². The molecule has 0 unspecified atom stereocenters. The Bertz CT molecular complexity index is 916. The van der Waals surface area contributed by atoms with E-state index in [0.29, 0.717) is 47.0 Å². The predicted molar refractivity (Wildman–Crippen MR) is 108 cm³/mol. The maximum absolute atomic E-state index is 9.00. The monoisotopic (exact) mass is 406 g/mol. The van der Waals surface area contributed by atoms with E-state index in [9.17, 15) is 0 Å². The Morgan fingerprint density at radius 1 is 0.607 bits per heavy atom. The second kappa shape index (κ2) is 11.4. The molecule has 28 heavy (non-hydrogen) atoms. The van der Waals surface area contributed by atoms with Crippen LogP contribution in [0.4, 0.5) is 0 Å². The van der Waals surface area contributed by atoms with Crippen molar-refractivity contribution in [3.05, 3.63) is 58.7 Å². The van der Waals surface area contributed by atoms with Crippen molar-refractivity contribution < 1.29 is 9.47 Å². The largest absolute Gasteiger partial charge is 0.493 e. The van der Waals surface area contributed by atoms with Gasteiger partial charge in [0.1, 0.15) is 35.8 Å². The first-order valence-electron chi connectivity index (χ1n) is 8.10. The van der Waals surface area contributed by atoms with Gasteiger partial charge in [-0.2, -0.15) is 21.0 Å². The number of hydrogen-bond donors (Lipinski definition) is 0. The summed E-state index contributed by atoms with van der Waals surface area (Å²) in [4.78, 5) is 0. The van der Waals surface area contributed by atoms with Crippen molar-refractivity contribution in [2.45, 2.75) is 0 Å². The second-order valence-corrected chi connectivity index (χ2v) is 7.90. The van der Waals surface area contributed by atoms with Crippen LogP contribution in [0.2, 0.25) is 0 Å². The summed E-state index contributed by atoms with van der Waals surface area (Å²) in [5.41, 5.74) is 1.29. The SMILES string of the molecule is N#Cc1ccc(OCCSSCCOc2ccc(C#N)c(C#N)c2)cc1C#N. The van der Waals surface area contributed by atoms with E-state index in [1.54, 1.807) is 58.0 Å². The van der Waals surface area contributed by atoms with Gasteiger partial charge in [-0.25, -0.2) is 0 Å². The van der Waals surface area contributed by atoms with Crippen molar-refractivity contribution in [1.82, 2.24) is 0 Å². The average Bonchev–Trinajstić information content (AvgIpc) is 2.75. The van der Waals surface area contributed by atoms with Gasteiger partial charge in [-0.05, 0) is 36.4 Å². The lowest BCUT2D eigenvalue weighted by atomic mass is 10.1. The summed E-state index contributed by atoms with van der Waals surface area (Å²) in [5, 5.41) is 35.8. The first-order valence-corrected chi connectivity index (χ1v) is 10.6. The van der Waals surface area contributed by atoms with Gasteiger partial charge in [0, 0.05) is 11.5 Å². The Labute approximate surface area is 171 Å². The van der Waals surface area contributed by atoms with Gasteiger partial charge >= 0.3 is 0 Å². The first kappa shape index (κ1) is 21.0. The molecule has 0 aliphatic heterocycles. The van der Waals surface area contributed by atoms with Gasteiger partial charge in [0.2, 0.25) is 0 Å². The van der Waals surface area contributed by atoms with E-state index in [4.69, 9.17) is 30.5 Å². The highest BCUT2D eigenvalue weighted by Crippen LogP contribution is 2.23. The van der Waals surface area contributed by atoms with Gasteiger partial charge in [-0.15, -0.1) is 0 Å². The van der Waals surface area contributed by atoms with E-state index in [1.165, 1.54) is 0 Å². The molecule has 0 aliphatic rings. The van der Waals surface area contributed by atoms with Crippen molar-refractivity contribution in [2.75, 3.05) is 24.7 Å². The Kier molecular flexibility index (Phi) is 8.57. The normalized spacial score (nSPS) is 9.43. The molecule has 0 aromatic heterocycles. The van der Waals surface area contributed by atoms with Gasteiger partial charge in [-0.3, -0.25) is 0 Å². The average molecular weight is 406 g/mol. The molecular weight excluding hydrogens is 392 g/mol. The maximum atomic E-state index is 9.00. The summed E-state index contributed by atoms with van der Waals surface area (Å²) in [6.45, 7) is 0.965. The molecule has 0 spiro atoms. The van der Waals surface area contributed by atoms with Gasteiger partial charge in [0.15, 0.2) is 0 Å². The van der Waals surface area contributed by atoms with Crippen LogP contribution in [-0.2, 0) is 0 Å². The molecule has 138 valence electrons. The van der Waals surface area contributed by atoms with Crippen molar-refractivity contribution >= 4 is 21.6 Å². The Balaban J connectivity index is 1.63. The van der Waals surface area contributed by atoms with E-state index < -0.39 is 0 Å². The molecule has 6 nitrogen and oxygen atoms in total. The van der Waals surface area contributed by atoms with Crippen LogP contribution in [0.15, 0.2) is 36.4 Å². The van der Waals surface area contributed by atoms with Gasteiger partial charge in [0.05, 0.1) is 35.5 Å². The molecule has 0 aliphatic carbocycles. The highest BCUT2D eigenvalue weighted by Gasteiger charge is 2.05. The van der Waals surface area contributed by atoms with Gasteiger partial charge in [0.25, 0.3) is 0 Å². The molecule has 0 saturated carbocycles. The van der Waals surface area contributed by atoms with E-state index in [0.717, 1.165) is 11.5 Å². The van der Waals surface area contributed by atoms with Gasteiger partial charge in [-0.1, -0.05) is 21.6 Å². The Morgan fingerprint density at radius 3 is 1.36 bits per heavy atom. The minimum atomic E-state index is 0.307. The molecule has 0 fully saturated rings. The summed E-state index contributed by atoms with van der Waals surface area (Å²) in [6.07, 6.45) is 0. The fourth-order valence-corrected chi connectivity index (χ4v) is 3.77. The zero-order valence-electron chi connectivity index (χ0n) is 14.7. The zero-order valence-corrected chi connectivity index (χ0v) is 16.3. The van der Waals surface area contributed by atoms with Crippen molar-refractivity contribution in [3.63, 3.8) is 0 Å². The van der Waals surface area contributed by atoms with E-state index in [2.05, 4.69) is 0 Å². The molecule has 0 atom stereocenters. The highest BCUT2D eigenvalue weighted by atomic mass is 33.1. The van der Waals surface area contributed by atoms with Crippen LogP contribution in [0.5, 0.6) is 11.5 Å². The van der Waals surface area contributed by atoms with Crippen LogP contribution in [0.3, 0.4) is 0 Å². The molecule has 0 radical (unpaired) electrons. The van der Waals surface area contributed by atoms with Crippen LogP contribution in [0.1, 0.15) is 22.3 Å². The summed E-state index contributed by atoms with van der Waals surface area (Å²) < 4.78 is 11.2. The smallest absolute Gasteiger partial charge is 0.120 e. The number of ether oxygens (including phenoxy) is 2. The van der Waals surface area contributed by atoms with Crippen LogP contribution in [0.25, 0.3) is 0 Å². The summed E-state index contributed by atoms with van der Waals surface area (Å²) in [6, 6.07) is 17.5. The lowest BCUT2D eigenvalue weighted by Crippen LogP contribution is -2.02. The molecule has 2 aromatic carbocycles. The molecule has 0 N–H and O–H groups in total. The maximum Gasteiger partial charge on any atom is 0.120 e.